The van der Waals surface area contributed by atoms with Crippen LogP contribution in [0.4, 0.5) is 5.69 Å². The average molecular weight is 462 g/mol. The molecule has 0 radical (unpaired) electrons. The van der Waals surface area contributed by atoms with Gasteiger partial charge >= 0.3 is 0 Å². The first-order chi connectivity index (χ1) is 15.2. The number of ketones is 1. The standard InChI is InChI=1S/C23H24ClNO7/c1-31-19-13-20(32-2)23(28,15-6-4-3-5-7-15)22(27)21(19)18(26)11-9-14-8-10-16(24)17(12-14)25(29)30/h3-12,19-22,27-28H,13H2,1-2H3. The fourth-order valence-electron chi connectivity index (χ4n) is 4.19. The molecule has 1 aliphatic rings. The first-order valence-corrected chi connectivity index (χ1v) is 10.3. The van der Waals surface area contributed by atoms with Gasteiger partial charge in [-0.2, -0.15) is 0 Å². The number of ether oxygens (including phenoxy) is 2. The van der Waals surface area contributed by atoms with Crippen molar-refractivity contribution in [1.29, 1.82) is 0 Å². The molecule has 2 aromatic carbocycles. The van der Waals surface area contributed by atoms with Crippen LogP contribution >= 0.6 is 11.6 Å². The van der Waals surface area contributed by atoms with Gasteiger partial charge in [-0.3, -0.25) is 14.9 Å². The maximum absolute atomic E-state index is 13.1. The largest absolute Gasteiger partial charge is 0.389 e. The maximum atomic E-state index is 13.1. The van der Waals surface area contributed by atoms with Crippen LogP contribution in [0, 0.1) is 16.0 Å². The van der Waals surface area contributed by atoms with E-state index in [-0.39, 0.29) is 17.1 Å². The molecule has 32 heavy (non-hydrogen) atoms. The van der Waals surface area contributed by atoms with E-state index in [9.17, 15) is 25.1 Å². The van der Waals surface area contributed by atoms with Crippen LogP contribution in [0.25, 0.3) is 6.08 Å². The van der Waals surface area contributed by atoms with Crippen LogP contribution in [-0.4, -0.2) is 53.5 Å². The SMILES string of the molecule is COC1CC(OC)C(O)(c2ccccc2)C(O)C1C(=O)C=Cc1ccc(Cl)c([N+](=O)[O-])c1. The molecule has 0 aliphatic heterocycles. The normalized spacial score (nSPS) is 28.0. The molecule has 8 nitrogen and oxygen atoms in total. The molecule has 0 heterocycles. The number of halogens is 1. The van der Waals surface area contributed by atoms with Crippen LogP contribution in [0.15, 0.2) is 54.6 Å². The molecule has 2 aromatic rings. The molecule has 3 rings (SSSR count). The molecular weight excluding hydrogens is 438 g/mol. The van der Waals surface area contributed by atoms with E-state index in [1.54, 1.807) is 30.3 Å². The van der Waals surface area contributed by atoms with Gasteiger partial charge in [-0.1, -0.05) is 54.1 Å². The Morgan fingerprint density at radius 1 is 1.22 bits per heavy atom. The van der Waals surface area contributed by atoms with Crippen LogP contribution in [0.1, 0.15) is 17.5 Å². The number of carbonyl (C=O) groups excluding carboxylic acids is 1. The fraction of sp³-hybridized carbons (Fsp3) is 0.348. The van der Waals surface area contributed by atoms with Gasteiger partial charge in [-0.25, -0.2) is 0 Å². The van der Waals surface area contributed by atoms with Crippen LogP contribution in [0.5, 0.6) is 0 Å². The fourth-order valence-corrected chi connectivity index (χ4v) is 4.37. The lowest BCUT2D eigenvalue weighted by atomic mass is 9.67. The average Bonchev–Trinajstić information content (AvgIpc) is 2.80. The topological polar surface area (TPSA) is 119 Å². The highest BCUT2D eigenvalue weighted by molar-refractivity contribution is 6.32. The molecule has 0 bridgehead atoms. The van der Waals surface area contributed by atoms with Crippen LogP contribution in [-0.2, 0) is 19.9 Å². The third-order valence-corrected chi connectivity index (χ3v) is 6.21. The number of aliphatic hydroxyl groups is 2. The Kier molecular flexibility index (Phi) is 7.43. The Labute approximate surface area is 190 Å². The number of aliphatic hydroxyl groups excluding tert-OH is 1. The molecule has 170 valence electrons. The molecule has 1 saturated carbocycles. The highest BCUT2D eigenvalue weighted by Gasteiger charge is 2.57. The van der Waals surface area contributed by atoms with Crippen LogP contribution in [0.2, 0.25) is 5.02 Å². The van der Waals surface area contributed by atoms with Gasteiger partial charge in [0.1, 0.15) is 16.7 Å². The van der Waals surface area contributed by atoms with E-state index in [0.29, 0.717) is 11.1 Å². The Morgan fingerprint density at radius 2 is 1.91 bits per heavy atom. The van der Waals surface area contributed by atoms with Crippen molar-refractivity contribution in [3.05, 3.63) is 80.9 Å². The van der Waals surface area contributed by atoms with Gasteiger partial charge in [0, 0.05) is 26.7 Å². The smallest absolute Gasteiger partial charge is 0.288 e. The molecule has 9 heteroatoms. The summed E-state index contributed by atoms with van der Waals surface area (Å²) in [5, 5.41) is 33.8. The Morgan fingerprint density at radius 3 is 2.50 bits per heavy atom. The second-order valence-corrected chi connectivity index (χ2v) is 8.01. The molecular formula is C23H24ClNO7. The van der Waals surface area contributed by atoms with Crippen molar-refractivity contribution in [3.8, 4) is 0 Å². The summed E-state index contributed by atoms with van der Waals surface area (Å²) < 4.78 is 10.9. The number of hydrogen-bond donors (Lipinski definition) is 2. The maximum Gasteiger partial charge on any atom is 0.288 e. The van der Waals surface area contributed by atoms with E-state index in [4.69, 9.17) is 21.1 Å². The van der Waals surface area contributed by atoms with Gasteiger partial charge in [0.25, 0.3) is 5.69 Å². The predicted octanol–water partition coefficient (Wildman–Crippen LogP) is 3.13. The zero-order valence-corrected chi connectivity index (χ0v) is 18.3. The zero-order valence-electron chi connectivity index (χ0n) is 17.6. The monoisotopic (exact) mass is 461 g/mol. The van der Waals surface area contributed by atoms with Crippen molar-refractivity contribution in [2.24, 2.45) is 5.92 Å². The minimum atomic E-state index is -1.84. The lowest BCUT2D eigenvalue weighted by Crippen LogP contribution is -2.62. The van der Waals surface area contributed by atoms with E-state index in [1.807, 2.05) is 0 Å². The van der Waals surface area contributed by atoms with E-state index in [2.05, 4.69) is 0 Å². The van der Waals surface area contributed by atoms with E-state index in [0.717, 1.165) is 0 Å². The van der Waals surface area contributed by atoms with Gasteiger partial charge in [-0.05, 0) is 23.3 Å². The number of benzene rings is 2. The van der Waals surface area contributed by atoms with Crippen molar-refractivity contribution < 1.29 is 29.4 Å². The van der Waals surface area contributed by atoms with Crippen molar-refractivity contribution in [2.75, 3.05) is 14.2 Å². The molecule has 1 fully saturated rings. The summed E-state index contributed by atoms with van der Waals surface area (Å²) >= 11 is 5.83. The van der Waals surface area contributed by atoms with Gasteiger partial charge in [-0.15, -0.1) is 0 Å². The van der Waals surface area contributed by atoms with Gasteiger partial charge in [0.2, 0.25) is 0 Å². The number of carbonyl (C=O) groups is 1. The van der Waals surface area contributed by atoms with Crippen molar-refractivity contribution in [2.45, 2.75) is 30.3 Å². The minimum Gasteiger partial charge on any atom is -0.389 e. The lowest BCUT2D eigenvalue weighted by molar-refractivity contribution is -0.384. The molecule has 0 saturated heterocycles. The number of methoxy groups -OCH3 is 2. The number of rotatable bonds is 7. The van der Waals surface area contributed by atoms with Crippen molar-refractivity contribution >= 4 is 29.1 Å². The summed E-state index contributed by atoms with van der Waals surface area (Å²) in [5.41, 5.74) is -1.31. The number of nitro benzene ring substituents is 1. The lowest BCUT2D eigenvalue weighted by Gasteiger charge is -2.48. The van der Waals surface area contributed by atoms with Gasteiger partial charge in [0.05, 0.1) is 23.0 Å². The molecule has 5 atom stereocenters. The molecule has 0 aromatic heterocycles. The third kappa shape index (κ3) is 4.46. The molecule has 1 aliphatic carbocycles. The second-order valence-electron chi connectivity index (χ2n) is 7.60. The Balaban J connectivity index is 1.94. The Bertz CT molecular complexity index is 1010. The number of nitro groups is 1. The summed E-state index contributed by atoms with van der Waals surface area (Å²) in [4.78, 5) is 23.6. The van der Waals surface area contributed by atoms with Crippen molar-refractivity contribution in [1.82, 2.24) is 0 Å². The minimum absolute atomic E-state index is 0.0147. The van der Waals surface area contributed by atoms with E-state index in [1.165, 1.54) is 44.6 Å². The summed E-state index contributed by atoms with van der Waals surface area (Å²) in [7, 11) is 2.84. The van der Waals surface area contributed by atoms with Crippen LogP contribution in [0.3, 0.4) is 0 Å². The number of hydrogen-bond acceptors (Lipinski definition) is 7. The van der Waals surface area contributed by atoms with E-state index < -0.39 is 40.5 Å². The molecule has 2 N–H and O–H groups in total. The Hall–Kier alpha value is -2.62. The zero-order chi connectivity index (χ0) is 23.5. The quantitative estimate of drug-likeness (QED) is 0.369. The van der Waals surface area contributed by atoms with Crippen LogP contribution < -0.4 is 0 Å². The molecule has 0 amide bonds. The third-order valence-electron chi connectivity index (χ3n) is 5.89. The van der Waals surface area contributed by atoms with Gasteiger partial charge in [0.15, 0.2) is 5.78 Å². The second kappa shape index (κ2) is 9.89. The summed E-state index contributed by atoms with van der Waals surface area (Å²) in [6, 6.07) is 12.7. The van der Waals surface area contributed by atoms with Crippen molar-refractivity contribution in [3.63, 3.8) is 0 Å². The van der Waals surface area contributed by atoms with Gasteiger partial charge < -0.3 is 19.7 Å². The number of allylic oxidation sites excluding steroid dienone is 1. The first-order valence-electron chi connectivity index (χ1n) is 9.91. The molecule has 0 spiro atoms. The molecule has 5 unspecified atom stereocenters. The highest BCUT2D eigenvalue weighted by atomic mass is 35.5. The summed E-state index contributed by atoms with van der Waals surface area (Å²) in [5.74, 6) is -1.58. The van der Waals surface area contributed by atoms with E-state index >= 15 is 0 Å². The summed E-state index contributed by atoms with van der Waals surface area (Å²) in [6.45, 7) is 0. The summed E-state index contributed by atoms with van der Waals surface area (Å²) in [6.07, 6.45) is -0.259. The highest BCUT2D eigenvalue weighted by Crippen LogP contribution is 2.43. The number of nitrogens with zero attached hydrogens (tertiary/aromatic N) is 1. The predicted molar refractivity (Wildman–Crippen MR) is 118 cm³/mol. The first kappa shape index (κ1) is 24.0.